The van der Waals surface area contributed by atoms with Gasteiger partial charge in [0.05, 0.1) is 17.7 Å². The number of hydrogen-bond acceptors (Lipinski definition) is 6. The van der Waals surface area contributed by atoms with Crippen LogP contribution in [0.3, 0.4) is 0 Å². The van der Waals surface area contributed by atoms with Crippen molar-refractivity contribution < 1.29 is 37.1 Å². The van der Waals surface area contributed by atoms with Gasteiger partial charge in [0.25, 0.3) is 5.91 Å². The van der Waals surface area contributed by atoms with E-state index in [1.54, 1.807) is 43.3 Å². The molecular weight excluding hydrogens is 493 g/mol. The van der Waals surface area contributed by atoms with Crippen molar-refractivity contribution in [2.45, 2.75) is 19.5 Å². The number of rotatable bonds is 5. The van der Waals surface area contributed by atoms with Gasteiger partial charge in [0.15, 0.2) is 0 Å². The molecule has 0 aromatic heterocycles. The third-order valence-corrected chi connectivity index (χ3v) is 5.32. The Balaban J connectivity index is 1.84. The van der Waals surface area contributed by atoms with E-state index in [0.29, 0.717) is 22.4 Å². The minimum atomic E-state index is -5.34. The normalized spacial score (nSPS) is 13.3. The number of alkyl halides is 3. The number of esters is 2. The average Bonchev–Trinajstić information content (AvgIpc) is 2.94. The maximum atomic E-state index is 13.2. The molecule has 0 unspecified atom stereocenters. The Morgan fingerprint density at radius 1 is 1.08 bits per heavy atom. The lowest BCUT2D eigenvalue weighted by atomic mass is 10.1. The highest BCUT2D eigenvalue weighted by molar-refractivity contribution is 6.10. The molecule has 0 fully saturated rings. The molecule has 0 atom stereocenters. The number of anilines is 1. The topological polar surface area (TPSA) is 134 Å². The summed E-state index contributed by atoms with van der Waals surface area (Å²) >= 11 is 0. The summed E-state index contributed by atoms with van der Waals surface area (Å²) in [5, 5.41) is 7.43. The molecule has 192 valence electrons. The van der Waals surface area contributed by atoms with E-state index in [-0.39, 0.29) is 17.9 Å². The van der Waals surface area contributed by atoms with Crippen molar-refractivity contribution in [2.75, 3.05) is 24.5 Å². The van der Waals surface area contributed by atoms with Crippen LogP contribution in [0.5, 0.6) is 0 Å². The highest BCUT2D eigenvalue weighted by atomic mass is 19.4. The van der Waals surface area contributed by atoms with E-state index in [2.05, 4.69) is 16.6 Å². The minimum absolute atomic E-state index is 0.0800. The molecule has 0 bridgehead atoms. The van der Waals surface area contributed by atoms with Gasteiger partial charge >= 0.3 is 18.1 Å². The van der Waals surface area contributed by atoms with E-state index in [1.165, 1.54) is 11.0 Å². The Morgan fingerprint density at radius 3 is 2.30 bits per heavy atom. The zero-order chi connectivity index (χ0) is 27.3. The fraction of sp³-hybridized carbons (Fsp3) is 0.240. The number of amidine groups is 1. The molecule has 3 rings (SSSR count). The number of nitrogen functional groups attached to an aromatic ring is 1. The summed E-state index contributed by atoms with van der Waals surface area (Å²) in [5.41, 5.74) is 7.50. The van der Waals surface area contributed by atoms with Crippen LogP contribution in [0.2, 0.25) is 0 Å². The fourth-order valence-corrected chi connectivity index (χ4v) is 3.49. The van der Waals surface area contributed by atoms with Crippen molar-refractivity contribution in [2.24, 2.45) is 5.73 Å². The number of nitrogens with two attached hydrogens (primary N) is 1. The Morgan fingerprint density at radius 2 is 1.70 bits per heavy atom. The molecule has 0 radical (unpaired) electrons. The van der Waals surface area contributed by atoms with Crippen molar-refractivity contribution in [3.05, 3.63) is 64.7 Å². The largest absolute Gasteiger partial charge is 0.491 e. The Bertz CT molecular complexity index is 1330. The lowest BCUT2D eigenvalue weighted by Gasteiger charge is -2.21. The Kier molecular flexibility index (Phi) is 7.97. The standard InChI is InChI=1S/C25H21F3N4O5/c1-2-32-19-10-7-16(4-3-15-5-8-17(9-6-15)22(29)30)13-18(19)23(35)31(14-20(32)33)12-11-21(34)37-24(36)25(26,27)28/h5-10,13H,2,11-12,14H2,1H3,(H3,29,30). The van der Waals surface area contributed by atoms with E-state index in [1.807, 2.05) is 0 Å². The molecule has 0 saturated heterocycles. The molecule has 1 aliphatic heterocycles. The molecule has 0 aliphatic carbocycles. The number of nitrogens with one attached hydrogen (secondary N) is 1. The molecule has 2 amide bonds. The second-order valence-electron chi connectivity index (χ2n) is 7.85. The molecule has 0 saturated carbocycles. The van der Waals surface area contributed by atoms with Gasteiger partial charge in [-0.15, -0.1) is 0 Å². The first-order valence-electron chi connectivity index (χ1n) is 10.9. The predicted octanol–water partition coefficient (Wildman–Crippen LogP) is 2.20. The Hall–Kier alpha value is -4.66. The first-order valence-corrected chi connectivity index (χ1v) is 10.9. The van der Waals surface area contributed by atoms with Gasteiger partial charge in [-0.25, -0.2) is 4.79 Å². The average molecular weight is 514 g/mol. The summed E-state index contributed by atoms with van der Waals surface area (Å²) in [5.74, 6) is 0.539. The fourth-order valence-electron chi connectivity index (χ4n) is 3.49. The lowest BCUT2D eigenvalue weighted by Crippen LogP contribution is -2.40. The van der Waals surface area contributed by atoms with Crippen molar-refractivity contribution in [1.29, 1.82) is 5.41 Å². The molecular formula is C25H21F3N4O5. The van der Waals surface area contributed by atoms with Crippen LogP contribution in [0.15, 0.2) is 42.5 Å². The molecule has 1 aliphatic rings. The van der Waals surface area contributed by atoms with Crippen LogP contribution in [0.25, 0.3) is 0 Å². The van der Waals surface area contributed by atoms with Crippen molar-refractivity contribution in [1.82, 2.24) is 4.90 Å². The first-order chi connectivity index (χ1) is 17.4. The highest BCUT2D eigenvalue weighted by Crippen LogP contribution is 2.27. The van der Waals surface area contributed by atoms with Crippen LogP contribution in [-0.2, 0) is 19.1 Å². The molecule has 9 nitrogen and oxygen atoms in total. The van der Waals surface area contributed by atoms with Crippen LogP contribution in [0.4, 0.5) is 18.9 Å². The summed E-state index contributed by atoms with van der Waals surface area (Å²) in [4.78, 5) is 50.9. The number of carbonyl (C=O) groups excluding carboxylic acids is 4. The zero-order valence-corrected chi connectivity index (χ0v) is 19.5. The summed E-state index contributed by atoms with van der Waals surface area (Å²) in [6.07, 6.45) is -6.06. The summed E-state index contributed by atoms with van der Waals surface area (Å²) in [6.45, 7) is 1.08. The number of benzene rings is 2. The molecule has 2 aromatic carbocycles. The van der Waals surface area contributed by atoms with Gasteiger partial charge in [-0.2, -0.15) is 13.2 Å². The molecule has 12 heteroatoms. The number of nitrogens with zero attached hydrogens (tertiary/aromatic N) is 2. The maximum Gasteiger partial charge on any atom is 0.491 e. The van der Waals surface area contributed by atoms with E-state index >= 15 is 0 Å². The Labute approximate surface area is 209 Å². The second kappa shape index (κ2) is 10.9. The summed E-state index contributed by atoms with van der Waals surface area (Å²) in [7, 11) is 0. The third kappa shape index (κ3) is 6.52. The van der Waals surface area contributed by atoms with E-state index in [0.717, 1.165) is 4.90 Å². The number of likely N-dealkylation sites (N-methyl/N-ethyl adjacent to an activating group) is 1. The zero-order valence-electron chi connectivity index (χ0n) is 19.5. The van der Waals surface area contributed by atoms with Gasteiger partial charge in [0.1, 0.15) is 12.4 Å². The number of fused-ring (bicyclic) bond motifs is 1. The summed E-state index contributed by atoms with van der Waals surface area (Å²) in [6, 6.07) is 11.3. The molecule has 37 heavy (non-hydrogen) atoms. The third-order valence-electron chi connectivity index (χ3n) is 5.32. The van der Waals surface area contributed by atoms with Crippen molar-refractivity contribution in [3.8, 4) is 11.8 Å². The maximum absolute atomic E-state index is 13.2. The van der Waals surface area contributed by atoms with Crippen molar-refractivity contribution in [3.63, 3.8) is 0 Å². The van der Waals surface area contributed by atoms with Crippen LogP contribution >= 0.6 is 0 Å². The summed E-state index contributed by atoms with van der Waals surface area (Å²) < 4.78 is 40.7. The number of ether oxygens (including phenoxy) is 1. The molecule has 2 aromatic rings. The lowest BCUT2D eigenvalue weighted by molar-refractivity contribution is -0.201. The minimum Gasteiger partial charge on any atom is -0.386 e. The second-order valence-corrected chi connectivity index (χ2v) is 7.85. The van der Waals surface area contributed by atoms with Gasteiger partial charge in [0, 0.05) is 29.8 Å². The van der Waals surface area contributed by atoms with Gasteiger partial charge < -0.3 is 20.3 Å². The molecule has 0 spiro atoms. The molecule has 3 N–H and O–H groups in total. The van der Waals surface area contributed by atoms with Gasteiger partial charge in [-0.3, -0.25) is 19.8 Å². The molecule has 1 heterocycles. The van der Waals surface area contributed by atoms with Gasteiger partial charge in [0.2, 0.25) is 5.91 Å². The van der Waals surface area contributed by atoms with E-state index in [4.69, 9.17) is 11.1 Å². The van der Waals surface area contributed by atoms with Crippen LogP contribution in [-0.4, -0.2) is 60.3 Å². The first kappa shape index (κ1) is 26.9. The van der Waals surface area contributed by atoms with Crippen LogP contribution in [0.1, 0.15) is 40.4 Å². The highest BCUT2D eigenvalue weighted by Gasteiger charge is 2.42. The number of hydrogen-bond donors (Lipinski definition) is 2. The van der Waals surface area contributed by atoms with Crippen molar-refractivity contribution >= 4 is 35.3 Å². The van der Waals surface area contributed by atoms with E-state index in [9.17, 15) is 32.3 Å². The number of halogens is 3. The number of carbonyl (C=O) groups is 4. The van der Waals surface area contributed by atoms with Gasteiger partial charge in [-0.05, 0) is 37.3 Å². The SMILES string of the molecule is CCN1C(=O)CN(CCC(=O)OC(=O)C(F)(F)F)C(=O)c2cc(C#Cc3ccc(C(=N)N)cc3)ccc21. The predicted molar refractivity (Wildman–Crippen MR) is 126 cm³/mol. The van der Waals surface area contributed by atoms with E-state index < -0.39 is 49.4 Å². The van der Waals surface area contributed by atoms with Crippen LogP contribution in [0, 0.1) is 17.3 Å². The quantitative estimate of drug-likeness (QED) is 0.207. The van der Waals surface area contributed by atoms with Crippen LogP contribution < -0.4 is 10.6 Å². The number of amides is 2. The smallest absolute Gasteiger partial charge is 0.386 e. The monoisotopic (exact) mass is 514 g/mol. The van der Waals surface area contributed by atoms with Gasteiger partial charge in [-0.1, -0.05) is 24.0 Å².